The van der Waals surface area contributed by atoms with Crippen molar-refractivity contribution in [1.29, 1.82) is 0 Å². The van der Waals surface area contributed by atoms with Crippen LogP contribution in [0, 0.1) is 6.92 Å². The standard InChI is InChI=1S/C23H33N5O3S/c1-13-10-17(27-23(4,5)6)24-11-16(13)19-18(22(31)28-9-7-8-15(28)3)26-21(32-19)20(30)25-14(2)12-29/h10-11,14-15,29H,7-9,12H2,1-6H3,(H,24,27)(H,25,30)/t14-,15-/m0/s1. The van der Waals surface area contributed by atoms with Gasteiger partial charge in [0.1, 0.15) is 11.5 Å². The van der Waals surface area contributed by atoms with E-state index in [1.807, 2.05) is 24.8 Å². The van der Waals surface area contributed by atoms with Crippen LogP contribution < -0.4 is 10.6 Å². The molecule has 0 unspecified atom stereocenters. The minimum absolute atomic E-state index is 0.132. The number of carbonyl (C=O) groups is 2. The Morgan fingerprint density at radius 1 is 1.38 bits per heavy atom. The number of aryl methyl sites for hydroxylation is 1. The first-order valence-electron chi connectivity index (χ1n) is 11.0. The van der Waals surface area contributed by atoms with Gasteiger partial charge < -0.3 is 20.6 Å². The summed E-state index contributed by atoms with van der Waals surface area (Å²) in [4.78, 5) is 37.6. The Morgan fingerprint density at radius 3 is 2.66 bits per heavy atom. The van der Waals surface area contributed by atoms with Gasteiger partial charge in [-0.2, -0.15) is 0 Å². The van der Waals surface area contributed by atoms with Crippen molar-refractivity contribution < 1.29 is 14.7 Å². The van der Waals surface area contributed by atoms with Crippen LogP contribution in [0.15, 0.2) is 12.3 Å². The number of nitrogens with zero attached hydrogens (tertiary/aromatic N) is 3. The van der Waals surface area contributed by atoms with E-state index < -0.39 is 11.9 Å². The van der Waals surface area contributed by atoms with Crippen molar-refractivity contribution in [3.8, 4) is 10.4 Å². The summed E-state index contributed by atoms with van der Waals surface area (Å²) >= 11 is 1.18. The minimum atomic E-state index is -0.404. The highest BCUT2D eigenvalue weighted by atomic mass is 32.1. The second-order valence-electron chi connectivity index (χ2n) is 9.50. The van der Waals surface area contributed by atoms with Crippen LogP contribution in [-0.2, 0) is 0 Å². The number of carbonyl (C=O) groups excluding carboxylic acids is 2. The lowest BCUT2D eigenvalue weighted by atomic mass is 10.1. The molecule has 2 amide bonds. The summed E-state index contributed by atoms with van der Waals surface area (Å²) in [5, 5.41) is 15.5. The molecule has 0 saturated carbocycles. The molecule has 0 aromatic carbocycles. The van der Waals surface area contributed by atoms with E-state index >= 15 is 0 Å². The Kier molecular flexibility index (Phi) is 7.19. The van der Waals surface area contributed by atoms with E-state index in [9.17, 15) is 14.7 Å². The lowest BCUT2D eigenvalue weighted by molar-refractivity contribution is 0.0743. The molecule has 2 aromatic rings. The Morgan fingerprint density at radius 2 is 2.09 bits per heavy atom. The zero-order valence-corrected chi connectivity index (χ0v) is 20.5. The van der Waals surface area contributed by atoms with Gasteiger partial charge in [-0.3, -0.25) is 9.59 Å². The summed E-state index contributed by atoms with van der Waals surface area (Å²) in [7, 11) is 0. The smallest absolute Gasteiger partial charge is 0.280 e. The normalized spacial score (nSPS) is 17.3. The van der Waals surface area contributed by atoms with Gasteiger partial charge in [-0.05, 0) is 66.0 Å². The Bertz CT molecular complexity index is 998. The van der Waals surface area contributed by atoms with E-state index in [4.69, 9.17) is 0 Å². The Hall–Kier alpha value is -2.52. The van der Waals surface area contributed by atoms with E-state index in [1.54, 1.807) is 13.1 Å². The monoisotopic (exact) mass is 459 g/mol. The topological polar surface area (TPSA) is 107 Å². The fourth-order valence-electron chi connectivity index (χ4n) is 3.69. The molecule has 1 aliphatic rings. The maximum Gasteiger partial charge on any atom is 0.280 e. The lowest BCUT2D eigenvalue weighted by Crippen LogP contribution is -2.35. The van der Waals surface area contributed by atoms with Gasteiger partial charge in [-0.25, -0.2) is 9.97 Å². The fourth-order valence-corrected chi connectivity index (χ4v) is 4.73. The summed E-state index contributed by atoms with van der Waals surface area (Å²) in [5.41, 5.74) is 1.88. The molecule has 0 spiro atoms. The third-order valence-corrected chi connectivity index (χ3v) is 6.44. The molecule has 2 atom stereocenters. The van der Waals surface area contributed by atoms with Crippen LogP contribution in [0.4, 0.5) is 5.82 Å². The predicted octanol–water partition coefficient (Wildman–Crippen LogP) is 3.46. The number of amides is 2. The van der Waals surface area contributed by atoms with E-state index in [0.717, 1.165) is 29.8 Å². The Balaban J connectivity index is 2.03. The minimum Gasteiger partial charge on any atom is -0.394 e. The highest BCUT2D eigenvalue weighted by Crippen LogP contribution is 2.35. The van der Waals surface area contributed by atoms with Gasteiger partial charge >= 0.3 is 0 Å². The number of nitrogens with one attached hydrogen (secondary N) is 2. The molecule has 3 heterocycles. The van der Waals surface area contributed by atoms with Crippen LogP contribution in [0.2, 0.25) is 0 Å². The number of hydrogen-bond acceptors (Lipinski definition) is 7. The van der Waals surface area contributed by atoms with Crippen LogP contribution >= 0.6 is 11.3 Å². The molecule has 2 aromatic heterocycles. The van der Waals surface area contributed by atoms with Crippen molar-refractivity contribution >= 4 is 29.0 Å². The predicted molar refractivity (Wildman–Crippen MR) is 127 cm³/mol. The number of aliphatic hydroxyl groups is 1. The van der Waals surface area contributed by atoms with Crippen molar-refractivity contribution in [3.05, 3.63) is 28.5 Å². The second-order valence-corrected chi connectivity index (χ2v) is 10.5. The van der Waals surface area contributed by atoms with E-state index in [-0.39, 0.29) is 34.8 Å². The molecule has 1 aliphatic heterocycles. The van der Waals surface area contributed by atoms with Crippen molar-refractivity contribution in [2.75, 3.05) is 18.5 Å². The molecule has 0 radical (unpaired) electrons. The maximum atomic E-state index is 13.4. The first-order valence-corrected chi connectivity index (χ1v) is 11.8. The summed E-state index contributed by atoms with van der Waals surface area (Å²) in [6, 6.07) is 1.68. The van der Waals surface area contributed by atoms with Crippen molar-refractivity contribution in [3.63, 3.8) is 0 Å². The van der Waals surface area contributed by atoms with Crippen LogP contribution in [0.3, 0.4) is 0 Å². The molecule has 3 N–H and O–H groups in total. The van der Waals surface area contributed by atoms with Crippen LogP contribution in [-0.4, -0.2) is 62.6 Å². The molecule has 1 fully saturated rings. The number of likely N-dealkylation sites (tertiary alicyclic amines) is 1. The molecule has 8 nitrogen and oxygen atoms in total. The van der Waals surface area contributed by atoms with Crippen molar-refractivity contribution in [2.24, 2.45) is 0 Å². The fraction of sp³-hybridized carbons (Fsp3) is 0.565. The second kappa shape index (κ2) is 9.54. The van der Waals surface area contributed by atoms with Crippen molar-refractivity contribution in [2.45, 2.75) is 72.0 Å². The van der Waals surface area contributed by atoms with E-state index in [2.05, 4.69) is 41.4 Å². The van der Waals surface area contributed by atoms with Crippen LogP contribution in [0.5, 0.6) is 0 Å². The average Bonchev–Trinajstić information content (AvgIpc) is 3.33. The quantitative estimate of drug-likeness (QED) is 0.611. The molecule has 174 valence electrons. The summed E-state index contributed by atoms with van der Waals surface area (Å²) in [6.07, 6.45) is 3.65. The molecule has 9 heteroatoms. The molecular formula is C23H33N5O3S. The van der Waals surface area contributed by atoms with Gasteiger partial charge in [-0.15, -0.1) is 11.3 Å². The number of hydrogen-bond donors (Lipinski definition) is 3. The number of aromatic nitrogens is 2. The molecule has 0 aliphatic carbocycles. The molecule has 1 saturated heterocycles. The van der Waals surface area contributed by atoms with E-state index in [0.29, 0.717) is 11.4 Å². The van der Waals surface area contributed by atoms with Gasteiger partial charge in [0.2, 0.25) is 0 Å². The molecule has 32 heavy (non-hydrogen) atoms. The number of rotatable bonds is 6. The average molecular weight is 460 g/mol. The van der Waals surface area contributed by atoms with Crippen LogP contribution in [0.25, 0.3) is 10.4 Å². The highest BCUT2D eigenvalue weighted by molar-refractivity contribution is 7.17. The molecule has 3 rings (SSSR count). The van der Waals surface area contributed by atoms with Gasteiger partial charge in [0.05, 0.1) is 11.5 Å². The van der Waals surface area contributed by atoms with Gasteiger partial charge in [0.15, 0.2) is 5.01 Å². The van der Waals surface area contributed by atoms with E-state index in [1.165, 1.54) is 11.3 Å². The summed E-state index contributed by atoms with van der Waals surface area (Å²) in [5.74, 6) is 0.189. The Labute approximate surface area is 193 Å². The zero-order chi connectivity index (χ0) is 23.6. The first kappa shape index (κ1) is 24.1. The first-order chi connectivity index (χ1) is 15.0. The third-order valence-electron chi connectivity index (χ3n) is 5.35. The zero-order valence-electron chi connectivity index (χ0n) is 19.7. The number of pyridine rings is 1. The van der Waals surface area contributed by atoms with Gasteiger partial charge in [0, 0.05) is 35.9 Å². The summed E-state index contributed by atoms with van der Waals surface area (Å²) in [6.45, 7) is 12.4. The SMILES string of the molecule is Cc1cc(NC(C)(C)C)ncc1-c1sc(C(=O)N[C@@H](C)CO)nc1C(=O)N1CCC[C@@H]1C. The number of anilines is 1. The lowest BCUT2D eigenvalue weighted by Gasteiger charge is -2.22. The molecular weight excluding hydrogens is 426 g/mol. The van der Waals surface area contributed by atoms with Crippen molar-refractivity contribution in [1.82, 2.24) is 20.2 Å². The number of thiazole rings is 1. The summed E-state index contributed by atoms with van der Waals surface area (Å²) < 4.78 is 0. The highest BCUT2D eigenvalue weighted by Gasteiger charge is 2.32. The number of aliphatic hydroxyl groups excluding tert-OH is 1. The largest absolute Gasteiger partial charge is 0.394 e. The maximum absolute atomic E-state index is 13.4. The van der Waals surface area contributed by atoms with Gasteiger partial charge in [-0.1, -0.05) is 0 Å². The third kappa shape index (κ3) is 5.45. The van der Waals surface area contributed by atoms with Gasteiger partial charge in [0.25, 0.3) is 11.8 Å². The van der Waals surface area contributed by atoms with Crippen LogP contribution in [0.1, 0.15) is 73.3 Å². The molecule has 0 bridgehead atoms.